The molecule has 1 N–H and O–H groups in total. The molecule has 2 nitrogen and oxygen atoms in total. The molecule has 0 bridgehead atoms. The van der Waals surface area contributed by atoms with Crippen LogP contribution < -0.4 is 0 Å². The SMILES string of the molecule is Oc1c(Br)cc(C(F)F)nc1CBr. The molecule has 0 aliphatic heterocycles. The molecule has 0 aliphatic rings. The Labute approximate surface area is 90.2 Å². The summed E-state index contributed by atoms with van der Waals surface area (Å²) in [5.74, 6) is -0.110. The van der Waals surface area contributed by atoms with Crippen LogP contribution in [0.25, 0.3) is 0 Å². The number of halogens is 4. The van der Waals surface area contributed by atoms with Crippen LogP contribution in [0, 0.1) is 0 Å². The second-order valence-electron chi connectivity index (χ2n) is 2.26. The number of hydrogen-bond acceptors (Lipinski definition) is 2. The second-order valence-corrected chi connectivity index (χ2v) is 3.67. The standard InChI is InChI=1S/C7H5Br2F2NO/c8-2-5-6(13)3(9)1-4(12-5)7(10)11/h1,7,13H,2H2. The van der Waals surface area contributed by atoms with Crippen molar-refractivity contribution >= 4 is 31.9 Å². The summed E-state index contributed by atoms with van der Waals surface area (Å²) in [6.07, 6.45) is -2.63. The van der Waals surface area contributed by atoms with Crippen molar-refractivity contribution < 1.29 is 13.9 Å². The minimum Gasteiger partial charge on any atom is -0.505 e. The topological polar surface area (TPSA) is 33.1 Å². The summed E-state index contributed by atoms with van der Waals surface area (Å²) >= 11 is 6.00. The molecule has 0 unspecified atom stereocenters. The van der Waals surface area contributed by atoms with E-state index >= 15 is 0 Å². The lowest BCUT2D eigenvalue weighted by atomic mass is 10.3. The average molecular weight is 317 g/mol. The van der Waals surface area contributed by atoms with E-state index in [9.17, 15) is 13.9 Å². The fourth-order valence-electron chi connectivity index (χ4n) is 0.782. The molecular weight excluding hydrogens is 312 g/mol. The first-order valence-corrected chi connectivity index (χ1v) is 5.20. The van der Waals surface area contributed by atoms with Crippen LogP contribution in [0.4, 0.5) is 8.78 Å². The van der Waals surface area contributed by atoms with Gasteiger partial charge in [0, 0.05) is 5.33 Å². The van der Waals surface area contributed by atoms with Crippen LogP contribution >= 0.6 is 31.9 Å². The lowest BCUT2D eigenvalue weighted by molar-refractivity contribution is 0.145. The Morgan fingerprint density at radius 2 is 2.15 bits per heavy atom. The van der Waals surface area contributed by atoms with Gasteiger partial charge in [0.25, 0.3) is 6.43 Å². The Morgan fingerprint density at radius 3 is 2.62 bits per heavy atom. The first-order valence-electron chi connectivity index (χ1n) is 3.28. The van der Waals surface area contributed by atoms with E-state index in [0.717, 1.165) is 6.07 Å². The molecule has 13 heavy (non-hydrogen) atoms. The van der Waals surface area contributed by atoms with Crippen LogP contribution in [0.1, 0.15) is 17.8 Å². The lowest BCUT2D eigenvalue weighted by Crippen LogP contribution is -1.95. The van der Waals surface area contributed by atoms with Gasteiger partial charge in [-0.2, -0.15) is 0 Å². The minimum atomic E-state index is -2.63. The van der Waals surface area contributed by atoms with Gasteiger partial charge in [-0.15, -0.1) is 0 Å². The molecule has 6 heteroatoms. The molecule has 0 fully saturated rings. The van der Waals surface area contributed by atoms with Gasteiger partial charge in [0.05, 0.1) is 10.2 Å². The molecule has 0 aromatic carbocycles. The zero-order chi connectivity index (χ0) is 10.0. The lowest BCUT2D eigenvalue weighted by Gasteiger charge is -2.05. The molecule has 1 aromatic heterocycles. The second kappa shape index (κ2) is 4.32. The van der Waals surface area contributed by atoms with Gasteiger partial charge in [0.15, 0.2) is 5.75 Å². The maximum absolute atomic E-state index is 12.2. The maximum Gasteiger partial charge on any atom is 0.280 e. The number of aromatic nitrogens is 1. The molecule has 0 atom stereocenters. The maximum atomic E-state index is 12.2. The molecule has 0 spiro atoms. The first-order chi connectivity index (χ1) is 6.06. The molecule has 0 aliphatic carbocycles. The van der Waals surface area contributed by atoms with Gasteiger partial charge in [-0.1, -0.05) is 15.9 Å². The van der Waals surface area contributed by atoms with Crippen molar-refractivity contribution in [2.24, 2.45) is 0 Å². The van der Waals surface area contributed by atoms with E-state index in [1.165, 1.54) is 0 Å². The summed E-state index contributed by atoms with van der Waals surface area (Å²) in [4.78, 5) is 3.57. The molecular formula is C7H5Br2F2NO. The van der Waals surface area contributed by atoms with Crippen molar-refractivity contribution in [3.8, 4) is 5.75 Å². The van der Waals surface area contributed by atoms with Crippen molar-refractivity contribution in [2.75, 3.05) is 0 Å². The summed E-state index contributed by atoms with van der Waals surface area (Å²) in [7, 11) is 0. The highest BCUT2D eigenvalue weighted by atomic mass is 79.9. The summed E-state index contributed by atoms with van der Waals surface area (Å²) in [5.41, 5.74) is -0.149. The first kappa shape index (κ1) is 10.8. The van der Waals surface area contributed by atoms with Gasteiger partial charge in [0.2, 0.25) is 0 Å². The number of nitrogens with zero attached hydrogens (tertiary/aromatic N) is 1. The van der Waals surface area contributed by atoms with Crippen LogP contribution in [0.5, 0.6) is 5.75 Å². The number of pyridine rings is 1. The Bertz CT molecular complexity index is 320. The van der Waals surface area contributed by atoms with Gasteiger partial charge >= 0.3 is 0 Å². The van der Waals surface area contributed by atoms with Gasteiger partial charge in [0.1, 0.15) is 5.69 Å². The molecule has 0 saturated carbocycles. The Hall–Kier alpha value is -0.230. The van der Waals surface area contributed by atoms with E-state index in [0.29, 0.717) is 0 Å². The number of alkyl halides is 3. The molecule has 72 valence electrons. The van der Waals surface area contributed by atoms with Gasteiger partial charge in [-0.3, -0.25) is 0 Å². The summed E-state index contributed by atoms with van der Waals surface area (Å²) < 4.78 is 24.7. The van der Waals surface area contributed by atoms with Crippen molar-refractivity contribution in [3.63, 3.8) is 0 Å². The number of aromatic hydroxyl groups is 1. The Morgan fingerprint density at radius 1 is 1.54 bits per heavy atom. The fourth-order valence-corrected chi connectivity index (χ4v) is 1.64. The summed E-state index contributed by atoms with van der Waals surface area (Å²) in [6.45, 7) is 0. The summed E-state index contributed by atoms with van der Waals surface area (Å²) in [5, 5.41) is 9.55. The third-order valence-electron chi connectivity index (χ3n) is 1.39. The van der Waals surface area contributed by atoms with Crippen LogP contribution in [0.15, 0.2) is 10.5 Å². The van der Waals surface area contributed by atoms with Crippen molar-refractivity contribution in [1.29, 1.82) is 0 Å². The highest BCUT2D eigenvalue weighted by Crippen LogP contribution is 2.31. The van der Waals surface area contributed by atoms with Crippen LogP contribution in [0.3, 0.4) is 0 Å². The van der Waals surface area contributed by atoms with Crippen LogP contribution in [-0.4, -0.2) is 10.1 Å². The molecule has 1 rings (SSSR count). The van der Waals surface area contributed by atoms with Crippen molar-refractivity contribution in [3.05, 3.63) is 21.9 Å². The van der Waals surface area contributed by atoms with E-state index in [2.05, 4.69) is 36.8 Å². The average Bonchev–Trinajstić information content (AvgIpc) is 2.09. The minimum absolute atomic E-state index is 0.110. The smallest absolute Gasteiger partial charge is 0.280 e. The van der Waals surface area contributed by atoms with Crippen LogP contribution in [0.2, 0.25) is 0 Å². The van der Waals surface area contributed by atoms with Crippen molar-refractivity contribution in [2.45, 2.75) is 11.8 Å². The molecule has 0 amide bonds. The van der Waals surface area contributed by atoms with E-state index in [1.807, 2.05) is 0 Å². The van der Waals surface area contributed by atoms with Crippen LogP contribution in [-0.2, 0) is 5.33 Å². The normalized spacial score (nSPS) is 10.8. The fraction of sp³-hybridized carbons (Fsp3) is 0.286. The highest BCUT2D eigenvalue weighted by Gasteiger charge is 2.14. The van der Waals surface area contributed by atoms with Gasteiger partial charge in [-0.05, 0) is 22.0 Å². The van der Waals surface area contributed by atoms with Gasteiger partial charge in [-0.25, -0.2) is 13.8 Å². The Balaban J connectivity index is 3.22. The van der Waals surface area contributed by atoms with E-state index in [4.69, 9.17) is 0 Å². The predicted molar refractivity (Wildman–Crippen MR) is 51.2 cm³/mol. The van der Waals surface area contributed by atoms with E-state index in [1.54, 1.807) is 0 Å². The molecule has 1 aromatic rings. The highest BCUT2D eigenvalue weighted by molar-refractivity contribution is 9.10. The largest absolute Gasteiger partial charge is 0.505 e. The van der Waals surface area contributed by atoms with E-state index < -0.39 is 6.43 Å². The third kappa shape index (κ3) is 2.37. The third-order valence-corrected chi connectivity index (χ3v) is 2.52. The number of hydrogen-bond donors (Lipinski definition) is 1. The van der Waals surface area contributed by atoms with Gasteiger partial charge < -0.3 is 5.11 Å². The summed E-state index contributed by atoms with van der Waals surface area (Å²) in [6, 6.07) is 1.10. The zero-order valence-electron chi connectivity index (χ0n) is 6.27. The molecule has 0 radical (unpaired) electrons. The zero-order valence-corrected chi connectivity index (χ0v) is 9.44. The molecule has 0 saturated heterocycles. The quantitative estimate of drug-likeness (QED) is 0.848. The molecule has 1 heterocycles. The van der Waals surface area contributed by atoms with E-state index in [-0.39, 0.29) is 26.9 Å². The predicted octanol–water partition coefficient (Wildman–Crippen LogP) is 3.38. The monoisotopic (exact) mass is 315 g/mol. The number of rotatable bonds is 2. The Kier molecular flexibility index (Phi) is 3.61. The van der Waals surface area contributed by atoms with Crippen molar-refractivity contribution in [1.82, 2.24) is 4.98 Å².